The number of aromatic nitrogens is 1. The lowest BCUT2D eigenvalue weighted by Gasteiger charge is -2.23. The van der Waals surface area contributed by atoms with E-state index in [0.29, 0.717) is 11.6 Å². The first kappa shape index (κ1) is 12.1. The van der Waals surface area contributed by atoms with Crippen molar-refractivity contribution in [3.05, 3.63) is 39.9 Å². The highest BCUT2D eigenvalue weighted by Gasteiger charge is 2.34. The number of nitrogens with zero attached hydrogens (tertiary/aromatic N) is 2. The summed E-state index contributed by atoms with van der Waals surface area (Å²) in [5.74, 6) is 1.38. The molecule has 1 atom stereocenters. The van der Waals surface area contributed by atoms with Crippen molar-refractivity contribution in [2.75, 3.05) is 6.54 Å². The fourth-order valence-electron chi connectivity index (χ4n) is 2.92. The molecule has 1 saturated heterocycles. The molecule has 1 amide bonds. The van der Waals surface area contributed by atoms with Gasteiger partial charge in [0, 0.05) is 18.5 Å². The molecule has 4 nitrogen and oxygen atoms in total. The number of carbonyl (C=O) groups is 1. The fraction of sp³-hybridized carbons (Fsp3) is 0.467. The van der Waals surface area contributed by atoms with Gasteiger partial charge in [-0.3, -0.25) is 4.79 Å². The first-order chi connectivity index (χ1) is 9.83. The van der Waals surface area contributed by atoms with Crippen LogP contribution in [0.1, 0.15) is 59.5 Å². The Morgan fingerprint density at radius 3 is 3.05 bits per heavy atom. The zero-order valence-electron chi connectivity index (χ0n) is 11.1. The van der Waals surface area contributed by atoms with E-state index in [9.17, 15) is 4.79 Å². The minimum absolute atomic E-state index is 0.00866. The van der Waals surface area contributed by atoms with Crippen molar-refractivity contribution in [3.8, 4) is 0 Å². The van der Waals surface area contributed by atoms with Gasteiger partial charge < -0.3 is 9.42 Å². The Morgan fingerprint density at radius 2 is 2.30 bits per heavy atom. The maximum atomic E-state index is 12.6. The number of likely N-dealkylation sites (tertiary alicyclic amines) is 1. The molecule has 0 bridgehead atoms. The minimum Gasteiger partial charge on any atom is -0.360 e. The molecular weight excluding hydrogens is 272 g/mol. The summed E-state index contributed by atoms with van der Waals surface area (Å²) in [7, 11) is 0. The largest absolute Gasteiger partial charge is 0.360 e. The molecule has 4 rings (SSSR count). The molecule has 0 spiro atoms. The van der Waals surface area contributed by atoms with Gasteiger partial charge in [-0.1, -0.05) is 5.16 Å². The summed E-state index contributed by atoms with van der Waals surface area (Å²) < 4.78 is 5.30. The topological polar surface area (TPSA) is 46.3 Å². The maximum Gasteiger partial charge on any atom is 0.276 e. The van der Waals surface area contributed by atoms with E-state index in [1.807, 2.05) is 11.0 Å². The molecule has 1 aliphatic carbocycles. The third-order valence-electron chi connectivity index (χ3n) is 4.17. The van der Waals surface area contributed by atoms with Crippen LogP contribution in [-0.4, -0.2) is 22.5 Å². The monoisotopic (exact) mass is 288 g/mol. The van der Waals surface area contributed by atoms with Crippen molar-refractivity contribution >= 4 is 17.2 Å². The average Bonchev–Trinajstić information content (AvgIpc) is 2.96. The molecule has 2 aromatic heterocycles. The predicted molar refractivity (Wildman–Crippen MR) is 75.8 cm³/mol. The quantitative estimate of drug-likeness (QED) is 0.867. The van der Waals surface area contributed by atoms with Gasteiger partial charge in [-0.25, -0.2) is 0 Å². The number of hydrogen-bond acceptors (Lipinski definition) is 4. The number of hydrogen-bond donors (Lipinski definition) is 0. The number of amides is 1. The van der Waals surface area contributed by atoms with E-state index >= 15 is 0 Å². The number of thiophene rings is 1. The van der Waals surface area contributed by atoms with Gasteiger partial charge in [-0.2, -0.15) is 11.3 Å². The van der Waals surface area contributed by atoms with Gasteiger partial charge in [-0.05, 0) is 48.1 Å². The Balaban J connectivity index is 1.57. The van der Waals surface area contributed by atoms with Gasteiger partial charge in [0.2, 0.25) is 0 Å². The molecule has 0 unspecified atom stereocenters. The molecule has 0 radical (unpaired) electrons. The summed E-state index contributed by atoms with van der Waals surface area (Å²) in [6.07, 6.45) is 4.41. The minimum atomic E-state index is 0.00866. The first-order valence-electron chi connectivity index (χ1n) is 7.12. The summed E-state index contributed by atoms with van der Waals surface area (Å²) in [4.78, 5) is 14.6. The first-order valence-corrected chi connectivity index (χ1v) is 8.07. The summed E-state index contributed by atoms with van der Waals surface area (Å²) in [6, 6.07) is 4.15. The summed E-state index contributed by atoms with van der Waals surface area (Å²) >= 11 is 1.68. The molecular formula is C15H16N2O2S. The van der Waals surface area contributed by atoms with Crippen molar-refractivity contribution < 1.29 is 9.32 Å². The van der Waals surface area contributed by atoms with Crippen LogP contribution in [0.3, 0.4) is 0 Å². The second-order valence-corrected chi connectivity index (χ2v) is 6.38. The lowest BCUT2D eigenvalue weighted by molar-refractivity contribution is 0.0725. The summed E-state index contributed by atoms with van der Waals surface area (Å²) in [5.41, 5.74) is 1.71. The standard InChI is InChI=1S/C15H16N2O2S/c18-15(12-8-14(19-16-12)10-3-4-10)17-6-1-2-13(17)11-5-7-20-9-11/h5,7-10,13H,1-4,6H2/t13-/m0/s1. The van der Waals surface area contributed by atoms with E-state index in [1.54, 1.807) is 11.3 Å². The Bertz CT molecular complexity index is 616. The highest BCUT2D eigenvalue weighted by atomic mass is 32.1. The zero-order chi connectivity index (χ0) is 13.5. The van der Waals surface area contributed by atoms with E-state index in [4.69, 9.17) is 4.52 Å². The van der Waals surface area contributed by atoms with E-state index < -0.39 is 0 Å². The SMILES string of the molecule is O=C(c1cc(C2CC2)on1)N1CCC[C@H]1c1ccsc1. The smallest absolute Gasteiger partial charge is 0.276 e. The Labute approximate surface area is 121 Å². The molecule has 0 N–H and O–H groups in total. The zero-order valence-corrected chi connectivity index (χ0v) is 11.9. The fourth-order valence-corrected chi connectivity index (χ4v) is 3.63. The second kappa shape index (κ2) is 4.74. The van der Waals surface area contributed by atoms with Crippen LogP contribution in [0.15, 0.2) is 27.4 Å². The van der Waals surface area contributed by atoms with Crippen LogP contribution in [0.5, 0.6) is 0 Å². The highest BCUT2D eigenvalue weighted by molar-refractivity contribution is 7.07. The summed E-state index contributed by atoms with van der Waals surface area (Å²) in [5, 5.41) is 8.17. The lowest BCUT2D eigenvalue weighted by atomic mass is 10.1. The third-order valence-corrected chi connectivity index (χ3v) is 4.87. The van der Waals surface area contributed by atoms with Crippen LogP contribution in [0.4, 0.5) is 0 Å². The Hall–Kier alpha value is -1.62. The third kappa shape index (κ3) is 2.06. The second-order valence-electron chi connectivity index (χ2n) is 5.60. The van der Waals surface area contributed by atoms with Crippen molar-refractivity contribution in [2.24, 2.45) is 0 Å². The molecule has 2 aromatic rings. The molecule has 5 heteroatoms. The van der Waals surface area contributed by atoms with Crippen LogP contribution in [0.2, 0.25) is 0 Å². The molecule has 1 aliphatic heterocycles. The normalized spacial score (nSPS) is 22.4. The highest BCUT2D eigenvalue weighted by Crippen LogP contribution is 2.40. The van der Waals surface area contributed by atoms with Crippen molar-refractivity contribution in [1.29, 1.82) is 0 Å². The lowest BCUT2D eigenvalue weighted by Crippen LogP contribution is -2.30. The van der Waals surface area contributed by atoms with Gasteiger partial charge in [0.1, 0.15) is 5.76 Å². The van der Waals surface area contributed by atoms with Gasteiger partial charge in [0.05, 0.1) is 6.04 Å². The molecule has 2 fully saturated rings. The van der Waals surface area contributed by atoms with Crippen LogP contribution in [0.25, 0.3) is 0 Å². The van der Waals surface area contributed by atoms with Crippen LogP contribution in [-0.2, 0) is 0 Å². The van der Waals surface area contributed by atoms with Crippen LogP contribution < -0.4 is 0 Å². The molecule has 2 aliphatic rings. The van der Waals surface area contributed by atoms with Gasteiger partial charge >= 0.3 is 0 Å². The van der Waals surface area contributed by atoms with Crippen LogP contribution >= 0.6 is 11.3 Å². The molecule has 20 heavy (non-hydrogen) atoms. The van der Waals surface area contributed by atoms with Gasteiger partial charge in [0.25, 0.3) is 5.91 Å². The van der Waals surface area contributed by atoms with Crippen molar-refractivity contribution in [1.82, 2.24) is 10.1 Å². The molecule has 3 heterocycles. The average molecular weight is 288 g/mol. The van der Waals surface area contributed by atoms with Gasteiger partial charge in [-0.15, -0.1) is 0 Å². The van der Waals surface area contributed by atoms with E-state index in [2.05, 4.69) is 22.0 Å². The maximum absolute atomic E-state index is 12.6. The van der Waals surface area contributed by atoms with E-state index in [-0.39, 0.29) is 11.9 Å². The van der Waals surface area contributed by atoms with Crippen LogP contribution in [0, 0.1) is 0 Å². The molecule has 1 saturated carbocycles. The van der Waals surface area contributed by atoms with Crippen molar-refractivity contribution in [3.63, 3.8) is 0 Å². The Kier molecular flexibility index (Phi) is 2.88. The predicted octanol–water partition coefficient (Wildman–Crippen LogP) is 3.59. The number of carbonyl (C=O) groups excluding carboxylic acids is 1. The van der Waals surface area contributed by atoms with Gasteiger partial charge in [0.15, 0.2) is 5.69 Å². The Morgan fingerprint density at radius 1 is 1.40 bits per heavy atom. The number of rotatable bonds is 3. The van der Waals surface area contributed by atoms with E-state index in [1.165, 1.54) is 5.56 Å². The molecule has 104 valence electrons. The van der Waals surface area contributed by atoms with E-state index in [0.717, 1.165) is 38.0 Å². The van der Waals surface area contributed by atoms with Crippen molar-refractivity contribution in [2.45, 2.75) is 37.6 Å². The summed E-state index contributed by atoms with van der Waals surface area (Å²) in [6.45, 7) is 0.810. The molecule has 0 aromatic carbocycles.